The summed E-state index contributed by atoms with van der Waals surface area (Å²) in [6, 6.07) is 2.78. The van der Waals surface area contributed by atoms with E-state index in [1.54, 1.807) is 5.32 Å². The van der Waals surface area contributed by atoms with Crippen molar-refractivity contribution >= 4 is 45.2 Å². The van der Waals surface area contributed by atoms with Gasteiger partial charge in [-0.25, -0.2) is 13.6 Å². The van der Waals surface area contributed by atoms with Gasteiger partial charge in [0, 0.05) is 4.47 Å². The fourth-order valence-corrected chi connectivity index (χ4v) is 2.74. The molecule has 2 aromatic rings. The van der Waals surface area contributed by atoms with E-state index in [1.165, 1.54) is 0 Å². The Bertz CT molecular complexity index is 869. The van der Waals surface area contributed by atoms with Crippen LogP contribution in [0.5, 0.6) is 0 Å². The van der Waals surface area contributed by atoms with E-state index in [2.05, 4.69) is 15.9 Å². The van der Waals surface area contributed by atoms with Gasteiger partial charge in [-0.05, 0) is 40.2 Å². The van der Waals surface area contributed by atoms with E-state index in [0.717, 1.165) is 24.3 Å². The van der Waals surface area contributed by atoms with E-state index >= 15 is 0 Å². The van der Waals surface area contributed by atoms with Crippen LogP contribution in [0.25, 0.3) is 0 Å². The number of halogens is 7. The third-order valence-corrected chi connectivity index (χ3v) is 4.00. The zero-order chi connectivity index (χ0) is 19.6. The van der Waals surface area contributed by atoms with Crippen molar-refractivity contribution in [2.75, 3.05) is 5.32 Å². The topological polar surface area (TPSA) is 58.2 Å². The molecule has 0 spiro atoms. The van der Waals surface area contributed by atoms with Crippen LogP contribution in [0.4, 0.5) is 32.4 Å². The molecule has 0 radical (unpaired) electrons. The number of rotatable bonds is 2. The molecule has 0 heterocycles. The van der Waals surface area contributed by atoms with Gasteiger partial charge in [-0.1, -0.05) is 17.7 Å². The normalized spacial score (nSPS) is 11.2. The Labute approximate surface area is 156 Å². The Morgan fingerprint density at radius 3 is 2.19 bits per heavy atom. The highest BCUT2D eigenvalue weighted by Crippen LogP contribution is 2.39. The second-order valence-corrected chi connectivity index (χ2v) is 6.08. The van der Waals surface area contributed by atoms with Crippen molar-refractivity contribution in [1.29, 1.82) is 0 Å². The van der Waals surface area contributed by atoms with Crippen LogP contribution in [0.3, 0.4) is 0 Å². The molecule has 2 N–H and O–H groups in total. The highest BCUT2D eigenvalue weighted by Gasteiger charge is 2.34. The van der Waals surface area contributed by atoms with E-state index < -0.39 is 45.9 Å². The number of nitrogens with one attached hydrogen (secondary N) is 2. The molecule has 4 nitrogen and oxygen atoms in total. The van der Waals surface area contributed by atoms with Crippen LogP contribution in [0.1, 0.15) is 15.9 Å². The summed E-state index contributed by atoms with van der Waals surface area (Å²) in [6.07, 6.45) is -4.78. The van der Waals surface area contributed by atoms with Crippen LogP contribution in [-0.4, -0.2) is 11.9 Å². The van der Waals surface area contributed by atoms with Gasteiger partial charge in [-0.15, -0.1) is 0 Å². The van der Waals surface area contributed by atoms with E-state index in [4.69, 9.17) is 11.6 Å². The fraction of sp³-hybridized carbons (Fsp3) is 0.0667. The molecular weight excluding hydrogens is 451 g/mol. The summed E-state index contributed by atoms with van der Waals surface area (Å²) in [5.74, 6) is -3.82. The predicted octanol–water partition coefficient (Wildman–Crippen LogP) is 5.36. The molecule has 3 amide bonds. The summed E-state index contributed by atoms with van der Waals surface area (Å²) >= 11 is 8.42. The van der Waals surface area contributed by atoms with E-state index in [9.17, 15) is 31.5 Å². The Balaban J connectivity index is 2.22. The van der Waals surface area contributed by atoms with Crippen molar-refractivity contribution < 1.29 is 31.5 Å². The summed E-state index contributed by atoms with van der Waals surface area (Å²) in [5, 5.41) is 2.98. The Morgan fingerprint density at radius 2 is 1.65 bits per heavy atom. The number of alkyl halides is 3. The Morgan fingerprint density at radius 1 is 1.08 bits per heavy atom. The number of urea groups is 1. The van der Waals surface area contributed by atoms with E-state index in [1.807, 2.05) is 5.32 Å². The lowest BCUT2D eigenvalue weighted by atomic mass is 10.2. The molecule has 2 rings (SSSR count). The number of carbonyl (C=O) groups excluding carboxylic acids is 2. The van der Waals surface area contributed by atoms with Gasteiger partial charge in [0.05, 0.1) is 16.3 Å². The van der Waals surface area contributed by atoms with Crippen molar-refractivity contribution in [1.82, 2.24) is 5.32 Å². The first-order valence-corrected chi connectivity index (χ1v) is 7.80. The predicted molar refractivity (Wildman–Crippen MR) is 87.0 cm³/mol. The minimum absolute atomic E-state index is 0.00447. The monoisotopic (exact) mass is 456 g/mol. The number of hydrogen-bond donors (Lipinski definition) is 2. The molecular formula is C15H7BrClF5N2O2. The van der Waals surface area contributed by atoms with Crippen molar-refractivity contribution in [3.63, 3.8) is 0 Å². The molecule has 0 saturated carbocycles. The average Bonchev–Trinajstić information content (AvgIpc) is 2.48. The van der Waals surface area contributed by atoms with E-state index in [-0.39, 0.29) is 10.2 Å². The maximum Gasteiger partial charge on any atom is 0.417 e. The summed E-state index contributed by atoms with van der Waals surface area (Å²) in [4.78, 5) is 23.6. The van der Waals surface area contributed by atoms with Crippen molar-refractivity contribution in [2.24, 2.45) is 0 Å². The molecule has 0 aromatic heterocycles. The van der Waals surface area contributed by atoms with Gasteiger partial charge in [-0.3, -0.25) is 10.1 Å². The highest BCUT2D eigenvalue weighted by atomic mass is 79.9. The zero-order valence-electron chi connectivity index (χ0n) is 12.3. The third kappa shape index (κ3) is 4.50. The van der Waals surface area contributed by atoms with Crippen LogP contribution in [0.2, 0.25) is 5.02 Å². The van der Waals surface area contributed by atoms with Crippen LogP contribution in [-0.2, 0) is 6.18 Å². The first kappa shape index (κ1) is 20.1. The maximum atomic E-state index is 13.5. The first-order chi connectivity index (χ1) is 12.0. The van der Waals surface area contributed by atoms with Crippen LogP contribution in [0.15, 0.2) is 34.8 Å². The standard InChI is InChI=1S/C15H7BrClF5N2O2/c16-7-5-8(17)6(15(20,21)22)4-11(7)23-14(26)24-13(25)12-9(18)2-1-3-10(12)19/h1-5H,(H2,23,24,25,26). The Kier molecular flexibility index (Phi) is 5.87. The first-order valence-electron chi connectivity index (χ1n) is 6.63. The molecule has 0 atom stereocenters. The number of hydrogen-bond acceptors (Lipinski definition) is 2. The minimum Gasteiger partial charge on any atom is -0.307 e. The molecule has 11 heteroatoms. The molecule has 0 bridgehead atoms. The largest absolute Gasteiger partial charge is 0.417 e. The number of imide groups is 1. The SMILES string of the molecule is O=C(NC(=O)c1c(F)cccc1F)Nc1cc(C(F)(F)F)c(Cl)cc1Br. The molecule has 0 aliphatic rings. The van der Waals surface area contributed by atoms with Crippen LogP contribution in [0, 0.1) is 11.6 Å². The lowest BCUT2D eigenvalue weighted by Gasteiger charge is -2.14. The molecule has 26 heavy (non-hydrogen) atoms. The number of benzene rings is 2. The molecule has 0 aliphatic heterocycles. The number of anilines is 1. The summed E-state index contributed by atoms with van der Waals surface area (Å²) < 4.78 is 65.5. The molecule has 138 valence electrons. The Hall–Kier alpha value is -2.20. The number of amides is 3. The van der Waals surface area contributed by atoms with Gasteiger partial charge in [0.1, 0.15) is 17.2 Å². The third-order valence-electron chi connectivity index (χ3n) is 3.03. The molecule has 0 saturated heterocycles. The molecule has 2 aromatic carbocycles. The van der Waals surface area contributed by atoms with Gasteiger partial charge in [-0.2, -0.15) is 13.2 Å². The van der Waals surface area contributed by atoms with E-state index in [0.29, 0.717) is 6.07 Å². The molecule has 0 unspecified atom stereocenters. The lowest BCUT2D eigenvalue weighted by Crippen LogP contribution is -2.35. The van der Waals surface area contributed by atoms with Gasteiger partial charge in [0.2, 0.25) is 0 Å². The summed E-state index contributed by atoms with van der Waals surface area (Å²) in [5.41, 5.74) is -2.58. The second-order valence-electron chi connectivity index (χ2n) is 4.81. The van der Waals surface area contributed by atoms with Gasteiger partial charge in [0.25, 0.3) is 5.91 Å². The smallest absolute Gasteiger partial charge is 0.307 e. The molecule has 0 aliphatic carbocycles. The summed E-state index contributed by atoms with van der Waals surface area (Å²) in [6.45, 7) is 0. The van der Waals surface area contributed by atoms with Crippen molar-refractivity contribution in [3.05, 3.63) is 62.6 Å². The van der Waals surface area contributed by atoms with Gasteiger partial charge < -0.3 is 5.32 Å². The maximum absolute atomic E-state index is 13.5. The second kappa shape index (κ2) is 7.58. The molecule has 0 fully saturated rings. The summed E-state index contributed by atoms with van der Waals surface area (Å²) in [7, 11) is 0. The van der Waals surface area contributed by atoms with Gasteiger partial charge in [0.15, 0.2) is 0 Å². The van der Waals surface area contributed by atoms with Crippen LogP contribution < -0.4 is 10.6 Å². The minimum atomic E-state index is -4.78. The average molecular weight is 458 g/mol. The zero-order valence-corrected chi connectivity index (χ0v) is 14.7. The fourth-order valence-electron chi connectivity index (χ4n) is 1.90. The number of carbonyl (C=O) groups is 2. The van der Waals surface area contributed by atoms with Gasteiger partial charge >= 0.3 is 12.2 Å². The highest BCUT2D eigenvalue weighted by molar-refractivity contribution is 9.10. The van der Waals surface area contributed by atoms with Crippen molar-refractivity contribution in [3.8, 4) is 0 Å². The quantitative estimate of drug-likeness (QED) is 0.597. The lowest BCUT2D eigenvalue weighted by molar-refractivity contribution is -0.137. The van der Waals surface area contributed by atoms with Crippen molar-refractivity contribution in [2.45, 2.75) is 6.18 Å². The van der Waals surface area contributed by atoms with Crippen LogP contribution >= 0.6 is 27.5 Å².